The molecule has 1 aliphatic heterocycles. The van der Waals surface area contributed by atoms with Crippen LogP contribution in [0.5, 0.6) is 0 Å². The van der Waals surface area contributed by atoms with Crippen molar-refractivity contribution >= 4 is 27.8 Å². The van der Waals surface area contributed by atoms with E-state index in [-0.39, 0.29) is 0 Å². The second-order valence-electron chi connectivity index (χ2n) is 4.91. The lowest BCUT2D eigenvalue weighted by Crippen LogP contribution is -2.45. The number of thiazole rings is 2. The summed E-state index contributed by atoms with van der Waals surface area (Å²) in [4.78, 5) is 13.9. The van der Waals surface area contributed by atoms with E-state index in [0.29, 0.717) is 5.13 Å². The first-order valence-corrected chi connectivity index (χ1v) is 8.61. The van der Waals surface area contributed by atoms with Crippen molar-refractivity contribution in [2.24, 2.45) is 0 Å². The Balaban J connectivity index is 1.60. The minimum absolute atomic E-state index is 0.602. The molecule has 5 nitrogen and oxygen atoms in total. The maximum Gasteiger partial charge on any atom is 0.180 e. The van der Waals surface area contributed by atoms with Crippen LogP contribution in [-0.4, -0.2) is 52.5 Å². The average molecular weight is 309 g/mol. The molecule has 2 aromatic heterocycles. The highest BCUT2D eigenvalue weighted by molar-refractivity contribution is 7.14. The fourth-order valence-electron chi connectivity index (χ4n) is 2.36. The number of nitrogens with zero attached hydrogens (tertiary/aromatic N) is 4. The molecule has 0 aliphatic carbocycles. The van der Waals surface area contributed by atoms with E-state index in [1.807, 2.05) is 5.38 Å². The smallest absolute Gasteiger partial charge is 0.180 e. The van der Waals surface area contributed by atoms with Crippen LogP contribution < -0.4 is 5.73 Å². The van der Waals surface area contributed by atoms with Gasteiger partial charge in [-0.15, -0.1) is 22.7 Å². The highest BCUT2D eigenvalue weighted by Crippen LogP contribution is 2.25. The topological polar surface area (TPSA) is 58.3 Å². The Morgan fingerprint density at radius 1 is 1.05 bits per heavy atom. The molecule has 0 bridgehead atoms. The molecule has 0 unspecified atom stereocenters. The molecule has 0 aromatic carbocycles. The lowest BCUT2D eigenvalue weighted by atomic mass is 10.3. The number of likely N-dealkylation sites (N-methyl/N-ethyl adjacent to an activating group) is 1. The Hall–Kier alpha value is -1.02. The van der Waals surface area contributed by atoms with E-state index in [4.69, 9.17) is 5.73 Å². The van der Waals surface area contributed by atoms with Gasteiger partial charge in [-0.05, 0) is 6.54 Å². The summed E-state index contributed by atoms with van der Waals surface area (Å²) in [5, 5.41) is 5.81. The third kappa shape index (κ3) is 3.17. The lowest BCUT2D eigenvalue weighted by Gasteiger charge is -2.33. The number of hydrogen-bond donors (Lipinski definition) is 1. The zero-order valence-corrected chi connectivity index (χ0v) is 13.2. The van der Waals surface area contributed by atoms with Gasteiger partial charge < -0.3 is 10.6 Å². The molecule has 2 aromatic rings. The van der Waals surface area contributed by atoms with Crippen LogP contribution >= 0.6 is 22.7 Å². The summed E-state index contributed by atoms with van der Waals surface area (Å²) in [6.07, 6.45) is 0. The summed E-state index contributed by atoms with van der Waals surface area (Å²) in [5.74, 6) is 0. The average Bonchev–Trinajstić information content (AvgIpc) is 3.09. The van der Waals surface area contributed by atoms with Crippen molar-refractivity contribution < 1.29 is 0 Å². The number of aromatic nitrogens is 2. The molecule has 2 N–H and O–H groups in total. The molecule has 0 atom stereocenters. The van der Waals surface area contributed by atoms with Crippen LogP contribution in [0.2, 0.25) is 0 Å². The van der Waals surface area contributed by atoms with Crippen molar-refractivity contribution in [1.82, 2.24) is 19.8 Å². The fourth-order valence-corrected chi connectivity index (χ4v) is 3.75. The summed E-state index contributed by atoms with van der Waals surface area (Å²) in [5.41, 5.74) is 7.51. The van der Waals surface area contributed by atoms with Crippen LogP contribution in [0.1, 0.15) is 11.9 Å². The van der Waals surface area contributed by atoms with Crippen molar-refractivity contribution in [2.75, 3.05) is 38.5 Å². The van der Waals surface area contributed by atoms with Gasteiger partial charge in [0.25, 0.3) is 0 Å². The third-order valence-electron chi connectivity index (χ3n) is 3.61. The molecule has 0 radical (unpaired) electrons. The zero-order valence-electron chi connectivity index (χ0n) is 11.6. The molecule has 1 aliphatic rings. The first-order chi connectivity index (χ1) is 9.74. The number of nitrogens with two attached hydrogens (primary N) is 1. The van der Waals surface area contributed by atoms with Gasteiger partial charge in [-0.3, -0.25) is 4.90 Å². The Bertz CT molecular complexity index is 557. The van der Waals surface area contributed by atoms with Crippen LogP contribution in [0.4, 0.5) is 5.13 Å². The second kappa shape index (κ2) is 6.17. The van der Waals surface area contributed by atoms with Crippen LogP contribution in [0, 0.1) is 0 Å². The number of hydrogen-bond acceptors (Lipinski definition) is 7. The molecule has 0 amide bonds. The number of rotatable bonds is 4. The Labute approximate surface area is 127 Å². The first kappa shape index (κ1) is 13.9. The summed E-state index contributed by atoms with van der Waals surface area (Å²) in [7, 11) is 0. The van der Waals surface area contributed by atoms with E-state index in [9.17, 15) is 0 Å². The Morgan fingerprint density at radius 3 is 2.35 bits per heavy atom. The molecule has 20 heavy (non-hydrogen) atoms. The Kier molecular flexibility index (Phi) is 4.30. The normalized spacial score (nSPS) is 17.6. The second-order valence-corrected chi connectivity index (χ2v) is 6.74. The van der Waals surface area contributed by atoms with E-state index in [1.54, 1.807) is 11.3 Å². The summed E-state index contributed by atoms with van der Waals surface area (Å²) < 4.78 is 0. The molecule has 1 saturated heterocycles. The SMILES string of the molecule is CCN1CCN(Cc2nc(-c3csc(N)n3)cs2)CC1. The molecule has 108 valence electrons. The maximum absolute atomic E-state index is 5.67. The molecule has 3 rings (SSSR count). The van der Waals surface area contributed by atoms with Crippen LogP contribution in [0.15, 0.2) is 10.8 Å². The van der Waals surface area contributed by atoms with Gasteiger partial charge in [0.2, 0.25) is 0 Å². The monoisotopic (exact) mass is 309 g/mol. The van der Waals surface area contributed by atoms with Gasteiger partial charge in [0.15, 0.2) is 5.13 Å². The molecule has 7 heteroatoms. The van der Waals surface area contributed by atoms with E-state index >= 15 is 0 Å². The molecule has 0 saturated carbocycles. The van der Waals surface area contributed by atoms with Gasteiger partial charge in [-0.2, -0.15) is 0 Å². The summed E-state index contributed by atoms with van der Waals surface area (Å²) in [6, 6.07) is 0. The largest absolute Gasteiger partial charge is 0.375 e. The predicted octanol–water partition coefficient (Wildman–Crippen LogP) is 1.99. The molecule has 3 heterocycles. The number of piperazine rings is 1. The summed E-state index contributed by atoms with van der Waals surface area (Å²) >= 11 is 3.17. The summed E-state index contributed by atoms with van der Waals surface area (Å²) in [6.45, 7) is 8.91. The van der Waals surface area contributed by atoms with Gasteiger partial charge in [-0.1, -0.05) is 6.92 Å². The Morgan fingerprint density at radius 2 is 1.70 bits per heavy atom. The van der Waals surface area contributed by atoms with Crippen molar-refractivity contribution in [3.05, 3.63) is 15.8 Å². The highest BCUT2D eigenvalue weighted by atomic mass is 32.1. The molecule has 1 fully saturated rings. The van der Waals surface area contributed by atoms with Gasteiger partial charge in [0.05, 0.1) is 6.54 Å². The maximum atomic E-state index is 5.67. The lowest BCUT2D eigenvalue weighted by molar-refractivity contribution is 0.132. The van der Waals surface area contributed by atoms with Crippen molar-refractivity contribution in [2.45, 2.75) is 13.5 Å². The number of nitrogen functional groups attached to an aromatic ring is 1. The van der Waals surface area contributed by atoms with Crippen molar-refractivity contribution in [1.29, 1.82) is 0 Å². The van der Waals surface area contributed by atoms with E-state index in [0.717, 1.165) is 55.7 Å². The standard InChI is InChI=1S/C13H19N5S2/c1-2-17-3-5-18(6-4-17)7-12-15-10(8-19-12)11-9-20-13(14)16-11/h8-9H,2-7H2,1H3,(H2,14,16). The quantitative estimate of drug-likeness (QED) is 0.936. The van der Waals surface area contributed by atoms with Crippen molar-refractivity contribution in [3.63, 3.8) is 0 Å². The van der Waals surface area contributed by atoms with Crippen LogP contribution in [0.25, 0.3) is 11.4 Å². The third-order valence-corrected chi connectivity index (χ3v) is 5.11. The predicted molar refractivity (Wildman–Crippen MR) is 85.0 cm³/mol. The van der Waals surface area contributed by atoms with Crippen LogP contribution in [0.3, 0.4) is 0 Å². The van der Waals surface area contributed by atoms with Gasteiger partial charge in [-0.25, -0.2) is 9.97 Å². The molecule has 0 spiro atoms. The molecular weight excluding hydrogens is 290 g/mol. The molecular formula is C13H19N5S2. The zero-order chi connectivity index (χ0) is 13.9. The van der Waals surface area contributed by atoms with E-state index in [1.165, 1.54) is 11.3 Å². The first-order valence-electron chi connectivity index (χ1n) is 6.85. The fraction of sp³-hybridized carbons (Fsp3) is 0.538. The number of anilines is 1. The van der Waals surface area contributed by atoms with E-state index < -0.39 is 0 Å². The highest BCUT2D eigenvalue weighted by Gasteiger charge is 2.17. The van der Waals surface area contributed by atoms with Gasteiger partial charge in [0.1, 0.15) is 16.4 Å². The minimum atomic E-state index is 0.602. The minimum Gasteiger partial charge on any atom is -0.375 e. The van der Waals surface area contributed by atoms with Crippen LogP contribution in [-0.2, 0) is 6.54 Å². The van der Waals surface area contributed by atoms with Gasteiger partial charge >= 0.3 is 0 Å². The van der Waals surface area contributed by atoms with Gasteiger partial charge in [0, 0.05) is 36.9 Å². The van der Waals surface area contributed by atoms with Crippen molar-refractivity contribution in [3.8, 4) is 11.4 Å². The van der Waals surface area contributed by atoms with E-state index in [2.05, 4.69) is 32.1 Å².